The zero-order valence-corrected chi connectivity index (χ0v) is 12.1. The maximum atomic E-state index is 5.36. The summed E-state index contributed by atoms with van der Waals surface area (Å²) in [7, 11) is 3.27. The molecular weight excluding hydrogens is 252 g/mol. The molecular formula is C16H20N2O2. The van der Waals surface area contributed by atoms with E-state index in [0.717, 1.165) is 28.8 Å². The number of pyridine rings is 1. The molecule has 0 bridgehead atoms. The molecule has 2 rings (SSSR count). The van der Waals surface area contributed by atoms with Crippen molar-refractivity contribution in [1.82, 2.24) is 4.98 Å². The number of benzene rings is 1. The van der Waals surface area contributed by atoms with Crippen molar-refractivity contribution in [1.29, 1.82) is 0 Å². The van der Waals surface area contributed by atoms with Gasteiger partial charge in [0.2, 0.25) is 0 Å². The molecule has 1 aromatic heterocycles. The third kappa shape index (κ3) is 2.85. The standard InChI is InChI=1S/C16H20N2O2/c1-5-6-11(2)18-16-13-10-15(20-4)14(19-3)9-12(13)7-8-17-16/h5,7-11H,1,6H2,2-4H3,(H,17,18). The van der Waals surface area contributed by atoms with Crippen molar-refractivity contribution in [2.24, 2.45) is 0 Å². The van der Waals surface area contributed by atoms with Crippen molar-refractivity contribution in [2.45, 2.75) is 19.4 Å². The van der Waals surface area contributed by atoms with Gasteiger partial charge >= 0.3 is 0 Å². The molecule has 20 heavy (non-hydrogen) atoms. The largest absolute Gasteiger partial charge is 0.493 e. The second kappa shape index (κ2) is 6.28. The number of rotatable bonds is 6. The van der Waals surface area contributed by atoms with Gasteiger partial charge in [0.15, 0.2) is 11.5 Å². The van der Waals surface area contributed by atoms with Gasteiger partial charge in [-0.05, 0) is 36.9 Å². The molecule has 1 heterocycles. The van der Waals surface area contributed by atoms with E-state index in [1.54, 1.807) is 20.4 Å². The van der Waals surface area contributed by atoms with E-state index in [0.29, 0.717) is 5.75 Å². The highest BCUT2D eigenvalue weighted by molar-refractivity contribution is 5.94. The second-order valence-electron chi connectivity index (χ2n) is 4.66. The summed E-state index contributed by atoms with van der Waals surface area (Å²) in [4.78, 5) is 4.42. The van der Waals surface area contributed by atoms with Crippen LogP contribution < -0.4 is 14.8 Å². The highest BCUT2D eigenvalue weighted by Gasteiger charge is 2.10. The Balaban J connectivity index is 2.47. The first-order chi connectivity index (χ1) is 9.69. The summed E-state index contributed by atoms with van der Waals surface area (Å²) in [6.07, 6.45) is 4.56. The minimum absolute atomic E-state index is 0.277. The minimum Gasteiger partial charge on any atom is -0.493 e. The SMILES string of the molecule is C=CCC(C)Nc1nccc2cc(OC)c(OC)cc12. The summed E-state index contributed by atoms with van der Waals surface area (Å²) in [6, 6.07) is 6.14. The van der Waals surface area contributed by atoms with Crippen LogP contribution >= 0.6 is 0 Å². The van der Waals surface area contributed by atoms with E-state index < -0.39 is 0 Å². The fourth-order valence-electron chi connectivity index (χ4n) is 2.16. The lowest BCUT2D eigenvalue weighted by molar-refractivity contribution is 0.356. The van der Waals surface area contributed by atoms with Crippen LogP contribution in [0.3, 0.4) is 0 Å². The smallest absolute Gasteiger partial charge is 0.161 e. The Morgan fingerprint density at radius 3 is 2.65 bits per heavy atom. The van der Waals surface area contributed by atoms with Gasteiger partial charge in [0, 0.05) is 17.6 Å². The van der Waals surface area contributed by atoms with Gasteiger partial charge in [-0.25, -0.2) is 4.98 Å². The summed E-state index contributed by atoms with van der Waals surface area (Å²) in [5.41, 5.74) is 0. The molecule has 0 spiro atoms. The van der Waals surface area contributed by atoms with Crippen molar-refractivity contribution < 1.29 is 9.47 Å². The first kappa shape index (κ1) is 14.2. The normalized spacial score (nSPS) is 11.9. The van der Waals surface area contributed by atoms with Crippen LogP contribution in [0, 0.1) is 0 Å². The van der Waals surface area contributed by atoms with E-state index in [4.69, 9.17) is 9.47 Å². The third-order valence-electron chi connectivity index (χ3n) is 3.17. The van der Waals surface area contributed by atoms with Gasteiger partial charge in [0.1, 0.15) is 5.82 Å². The minimum atomic E-state index is 0.277. The number of fused-ring (bicyclic) bond motifs is 1. The molecule has 0 aliphatic heterocycles. The Labute approximate surface area is 119 Å². The van der Waals surface area contributed by atoms with Crippen LogP contribution in [0.1, 0.15) is 13.3 Å². The van der Waals surface area contributed by atoms with Crippen LogP contribution in [0.2, 0.25) is 0 Å². The summed E-state index contributed by atoms with van der Waals surface area (Å²) in [5.74, 6) is 2.27. The molecule has 4 heteroatoms. The number of nitrogens with zero attached hydrogens (tertiary/aromatic N) is 1. The summed E-state index contributed by atoms with van der Waals surface area (Å²) in [5, 5.41) is 5.47. The molecule has 106 valence electrons. The summed E-state index contributed by atoms with van der Waals surface area (Å²) >= 11 is 0. The van der Waals surface area contributed by atoms with Gasteiger partial charge in [-0.1, -0.05) is 6.08 Å². The number of nitrogens with one attached hydrogen (secondary N) is 1. The average Bonchev–Trinajstić information content (AvgIpc) is 2.46. The number of methoxy groups -OCH3 is 2. The van der Waals surface area contributed by atoms with Gasteiger partial charge in [-0.15, -0.1) is 6.58 Å². The summed E-state index contributed by atoms with van der Waals surface area (Å²) < 4.78 is 10.7. The van der Waals surface area contributed by atoms with E-state index in [2.05, 4.69) is 23.8 Å². The first-order valence-electron chi connectivity index (χ1n) is 6.57. The van der Waals surface area contributed by atoms with Crippen molar-refractivity contribution in [3.05, 3.63) is 37.1 Å². The van der Waals surface area contributed by atoms with Crippen molar-refractivity contribution >= 4 is 16.6 Å². The fraction of sp³-hybridized carbons (Fsp3) is 0.312. The number of aromatic nitrogens is 1. The third-order valence-corrected chi connectivity index (χ3v) is 3.17. The van der Waals surface area contributed by atoms with Gasteiger partial charge in [0.25, 0.3) is 0 Å². The highest BCUT2D eigenvalue weighted by Crippen LogP contribution is 2.34. The fourth-order valence-corrected chi connectivity index (χ4v) is 2.16. The first-order valence-corrected chi connectivity index (χ1v) is 6.57. The average molecular weight is 272 g/mol. The monoisotopic (exact) mass is 272 g/mol. The molecule has 1 aromatic carbocycles. The predicted molar refractivity (Wildman–Crippen MR) is 82.7 cm³/mol. The Bertz CT molecular complexity index is 611. The molecule has 1 atom stereocenters. The van der Waals surface area contributed by atoms with Crippen LogP contribution in [-0.2, 0) is 0 Å². The zero-order valence-electron chi connectivity index (χ0n) is 12.1. The molecule has 0 saturated carbocycles. The van der Waals surface area contributed by atoms with E-state index in [9.17, 15) is 0 Å². The molecule has 0 aliphatic rings. The predicted octanol–water partition coefficient (Wildman–Crippen LogP) is 3.63. The molecule has 0 saturated heterocycles. The van der Waals surface area contributed by atoms with Crippen LogP contribution in [0.15, 0.2) is 37.1 Å². The van der Waals surface area contributed by atoms with Crippen LogP contribution in [0.5, 0.6) is 11.5 Å². The molecule has 0 radical (unpaired) electrons. The van der Waals surface area contributed by atoms with Crippen molar-refractivity contribution in [2.75, 3.05) is 19.5 Å². The molecule has 1 unspecified atom stereocenters. The number of ether oxygens (including phenoxy) is 2. The Morgan fingerprint density at radius 2 is 2.00 bits per heavy atom. The van der Waals surface area contributed by atoms with Gasteiger partial charge in [-0.3, -0.25) is 0 Å². The molecule has 2 aromatic rings. The molecule has 0 amide bonds. The second-order valence-corrected chi connectivity index (χ2v) is 4.66. The van der Waals surface area contributed by atoms with Gasteiger partial charge < -0.3 is 14.8 Å². The van der Waals surface area contributed by atoms with Crippen LogP contribution in [0.4, 0.5) is 5.82 Å². The molecule has 0 fully saturated rings. The molecule has 0 aliphatic carbocycles. The van der Waals surface area contributed by atoms with E-state index in [-0.39, 0.29) is 6.04 Å². The van der Waals surface area contributed by atoms with E-state index in [1.165, 1.54) is 0 Å². The van der Waals surface area contributed by atoms with Crippen LogP contribution in [-0.4, -0.2) is 25.2 Å². The zero-order chi connectivity index (χ0) is 14.5. The van der Waals surface area contributed by atoms with Gasteiger partial charge in [-0.2, -0.15) is 0 Å². The highest BCUT2D eigenvalue weighted by atomic mass is 16.5. The maximum absolute atomic E-state index is 5.36. The van der Waals surface area contributed by atoms with Gasteiger partial charge in [0.05, 0.1) is 14.2 Å². The number of hydrogen-bond donors (Lipinski definition) is 1. The van der Waals surface area contributed by atoms with E-state index >= 15 is 0 Å². The molecule has 1 N–H and O–H groups in total. The Hall–Kier alpha value is -2.23. The maximum Gasteiger partial charge on any atom is 0.161 e. The Kier molecular flexibility index (Phi) is 4.45. The van der Waals surface area contributed by atoms with Crippen molar-refractivity contribution in [3.8, 4) is 11.5 Å². The lowest BCUT2D eigenvalue weighted by Crippen LogP contribution is -2.15. The lowest BCUT2D eigenvalue weighted by Gasteiger charge is -2.16. The lowest BCUT2D eigenvalue weighted by atomic mass is 10.1. The van der Waals surface area contributed by atoms with Crippen molar-refractivity contribution in [3.63, 3.8) is 0 Å². The number of hydrogen-bond acceptors (Lipinski definition) is 4. The summed E-state index contributed by atoms with van der Waals surface area (Å²) in [6.45, 7) is 5.86. The van der Waals surface area contributed by atoms with E-state index in [1.807, 2.05) is 24.3 Å². The topological polar surface area (TPSA) is 43.4 Å². The number of anilines is 1. The van der Waals surface area contributed by atoms with Crippen LogP contribution in [0.25, 0.3) is 10.8 Å². The Morgan fingerprint density at radius 1 is 1.30 bits per heavy atom. The molecule has 4 nitrogen and oxygen atoms in total. The quantitative estimate of drug-likeness (QED) is 0.815.